The van der Waals surface area contributed by atoms with Gasteiger partial charge in [0.05, 0.1) is 23.0 Å². The van der Waals surface area contributed by atoms with Crippen molar-refractivity contribution in [2.75, 3.05) is 16.6 Å². The van der Waals surface area contributed by atoms with E-state index in [-0.39, 0.29) is 17.7 Å². The van der Waals surface area contributed by atoms with Gasteiger partial charge < -0.3 is 10.3 Å². The molecule has 4 rings (SSSR count). The number of rotatable bonds is 4. The largest absolute Gasteiger partial charge is 0.358 e. The van der Waals surface area contributed by atoms with E-state index < -0.39 is 10.0 Å². The van der Waals surface area contributed by atoms with Crippen molar-refractivity contribution in [1.29, 1.82) is 0 Å². The molecule has 1 amide bonds. The second kappa shape index (κ2) is 6.98. The lowest BCUT2D eigenvalue weighted by Gasteiger charge is -2.19. The maximum Gasteiger partial charge on any atom is 0.254 e. The highest BCUT2D eigenvalue weighted by Crippen LogP contribution is 2.26. The molecule has 0 spiro atoms. The van der Waals surface area contributed by atoms with Crippen LogP contribution in [-0.2, 0) is 10.0 Å². The predicted molar refractivity (Wildman–Crippen MR) is 111 cm³/mol. The number of hydrogen-bond donors (Lipinski definition) is 2. The Kier molecular flexibility index (Phi) is 4.63. The molecule has 0 saturated carbocycles. The monoisotopic (exact) mass is 397 g/mol. The third-order valence-electron chi connectivity index (χ3n) is 5.25. The molecule has 1 fully saturated rings. The number of H-pyrrole nitrogens is 1. The van der Waals surface area contributed by atoms with Crippen LogP contribution in [0.3, 0.4) is 0 Å². The SMILES string of the molecule is Cc1[nH]c2ccccc2c1C(=O)NC(C)c1ccc(N2CCCS2(=O)=O)cc1. The number of nitrogens with one attached hydrogen (secondary N) is 2. The molecule has 1 aliphatic rings. The van der Waals surface area contributed by atoms with E-state index >= 15 is 0 Å². The van der Waals surface area contributed by atoms with Gasteiger partial charge in [0.15, 0.2) is 0 Å². The van der Waals surface area contributed by atoms with Gasteiger partial charge in [-0.2, -0.15) is 0 Å². The van der Waals surface area contributed by atoms with Crippen LogP contribution < -0.4 is 9.62 Å². The molecule has 1 saturated heterocycles. The maximum atomic E-state index is 12.9. The van der Waals surface area contributed by atoms with Crippen LogP contribution in [0.4, 0.5) is 5.69 Å². The molecule has 2 aromatic carbocycles. The number of fused-ring (bicyclic) bond motifs is 1. The van der Waals surface area contributed by atoms with Gasteiger partial charge in [0.2, 0.25) is 10.0 Å². The Morgan fingerprint density at radius 2 is 1.86 bits per heavy atom. The number of carbonyl (C=O) groups is 1. The van der Waals surface area contributed by atoms with Crippen LogP contribution in [0.2, 0.25) is 0 Å². The first kappa shape index (κ1) is 18.6. The van der Waals surface area contributed by atoms with Crippen LogP contribution in [0.1, 0.15) is 41.0 Å². The van der Waals surface area contributed by atoms with Crippen molar-refractivity contribution in [3.8, 4) is 0 Å². The number of hydrogen-bond acceptors (Lipinski definition) is 3. The molecule has 0 aliphatic carbocycles. The lowest BCUT2D eigenvalue weighted by molar-refractivity contribution is 0.0941. The molecule has 0 bridgehead atoms. The van der Waals surface area contributed by atoms with Crippen molar-refractivity contribution in [3.05, 3.63) is 65.4 Å². The highest BCUT2D eigenvalue weighted by atomic mass is 32.2. The minimum absolute atomic E-state index is 0.131. The Bertz CT molecular complexity index is 1130. The molecule has 1 aliphatic heterocycles. The molecule has 28 heavy (non-hydrogen) atoms. The number of para-hydroxylation sites is 1. The molecule has 3 aromatic rings. The normalized spacial score (nSPS) is 17.0. The van der Waals surface area contributed by atoms with E-state index in [1.165, 1.54) is 4.31 Å². The molecule has 1 aromatic heterocycles. The molecule has 1 unspecified atom stereocenters. The summed E-state index contributed by atoms with van der Waals surface area (Å²) >= 11 is 0. The first-order valence-corrected chi connectivity index (χ1v) is 11.0. The van der Waals surface area contributed by atoms with Gasteiger partial charge in [-0.15, -0.1) is 0 Å². The number of sulfonamides is 1. The zero-order chi connectivity index (χ0) is 19.9. The number of anilines is 1. The summed E-state index contributed by atoms with van der Waals surface area (Å²) in [6.45, 7) is 4.34. The number of aryl methyl sites for hydroxylation is 1. The Balaban J connectivity index is 1.52. The molecule has 2 heterocycles. The van der Waals surface area contributed by atoms with E-state index in [4.69, 9.17) is 0 Å². The highest BCUT2D eigenvalue weighted by Gasteiger charge is 2.28. The van der Waals surface area contributed by atoms with Gasteiger partial charge >= 0.3 is 0 Å². The van der Waals surface area contributed by atoms with Crippen molar-refractivity contribution in [2.24, 2.45) is 0 Å². The quantitative estimate of drug-likeness (QED) is 0.707. The average molecular weight is 398 g/mol. The fraction of sp³-hybridized carbons (Fsp3) is 0.286. The van der Waals surface area contributed by atoms with Crippen molar-refractivity contribution in [2.45, 2.75) is 26.3 Å². The molecule has 7 heteroatoms. The zero-order valence-corrected chi connectivity index (χ0v) is 16.7. The first-order chi connectivity index (χ1) is 13.4. The van der Waals surface area contributed by atoms with Gasteiger partial charge in [0.1, 0.15) is 0 Å². The Labute approximate surface area is 164 Å². The standard InChI is InChI=1S/C21H23N3O3S/c1-14(16-8-10-17(11-9-16)24-12-5-13-28(24,26)27)23-21(25)20-15(2)22-19-7-4-3-6-18(19)20/h3-4,6-11,14,22H,5,12-13H2,1-2H3,(H,23,25). The summed E-state index contributed by atoms with van der Waals surface area (Å²) in [4.78, 5) is 16.1. The second-order valence-corrected chi connectivity index (χ2v) is 9.21. The number of aromatic nitrogens is 1. The minimum Gasteiger partial charge on any atom is -0.358 e. The molecular weight excluding hydrogens is 374 g/mol. The summed E-state index contributed by atoms with van der Waals surface area (Å²) in [5.41, 5.74) is 4.02. The summed E-state index contributed by atoms with van der Waals surface area (Å²) in [5, 5.41) is 3.95. The van der Waals surface area contributed by atoms with Crippen molar-refractivity contribution < 1.29 is 13.2 Å². The third kappa shape index (κ3) is 3.26. The number of aromatic amines is 1. The number of amides is 1. The molecular formula is C21H23N3O3S. The van der Waals surface area contributed by atoms with E-state index in [9.17, 15) is 13.2 Å². The fourth-order valence-corrected chi connectivity index (χ4v) is 5.34. The maximum absolute atomic E-state index is 12.9. The lowest BCUT2D eigenvalue weighted by atomic mass is 10.1. The van der Waals surface area contributed by atoms with E-state index in [1.807, 2.05) is 50.2 Å². The van der Waals surface area contributed by atoms with E-state index in [0.717, 1.165) is 22.2 Å². The molecule has 2 N–H and O–H groups in total. The topological polar surface area (TPSA) is 82.3 Å². The van der Waals surface area contributed by atoms with Crippen molar-refractivity contribution >= 4 is 32.5 Å². The summed E-state index contributed by atoms with van der Waals surface area (Å²) in [6, 6.07) is 14.9. The number of nitrogens with zero attached hydrogens (tertiary/aromatic N) is 1. The van der Waals surface area contributed by atoms with Gasteiger partial charge in [-0.05, 0) is 44.0 Å². The van der Waals surface area contributed by atoms with Crippen LogP contribution in [0.25, 0.3) is 10.9 Å². The second-order valence-electron chi connectivity index (χ2n) is 7.20. The molecule has 6 nitrogen and oxygen atoms in total. The predicted octanol–water partition coefficient (Wildman–Crippen LogP) is 3.51. The third-order valence-corrected chi connectivity index (χ3v) is 7.12. The number of carbonyl (C=O) groups excluding carboxylic acids is 1. The van der Waals surface area contributed by atoms with Crippen LogP contribution in [-0.4, -0.2) is 31.6 Å². The highest BCUT2D eigenvalue weighted by molar-refractivity contribution is 7.93. The minimum atomic E-state index is -3.19. The van der Waals surface area contributed by atoms with Crippen LogP contribution in [0.15, 0.2) is 48.5 Å². The molecule has 1 atom stereocenters. The summed E-state index contributed by atoms with van der Waals surface area (Å²) in [7, 11) is -3.19. The summed E-state index contributed by atoms with van der Waals surface area (Å²) < 4.78 is 25.6. The summed E-state index contributed by atoms with van der Waals surface area (Å²) in [5.74, 6) is 0.0687. The first-order valence-electron chi connectivity index (χ1n) is 9.35. The Morgan fingerprint density at radius 3 is 2.54 bits per heavy atom. The van der Waals surface area contributed by atoms with Crippen molar-refractivity contribution in [1.82, 2.24) is 10.3 Å². The van der Waals surface area contributed by atoms with Gasteiger partial charge in [-0.1, -0.05) is 30.3 Å². The van der Waals surface area contributed by atoms with Gasteiger partial charge in [0.25, 0.3) is 5.91 Å². The smallest absolute Gasteiger partial charge is 0.254 e. The van der Waals surface area contributed by atoms with Crippen LogP contribution >= 0.6 is 0 Å². The van der Waals surface area contributed by atoms with E-state index in [1.54, 1.807) is 12.1 Å². The summed E-state index contributed by atoms with van der Waals surface area (Å²) in [6.07, 6.45) is 0.653. The van der Waals surface area contributed by atoms with Gasteiger partial charge in [-0.25, -0.2) is 8.42 Å². The average Bonchev–Trinajstić information content (AvgIpc) is 3.19. The zero-order valence-electron chi connectivity index (χ0n) is 15.9. The Morgan fingerprint density at radius 1 is 1.14 bits per heavy atom. The molecule has 146 valence electrons. The fourth-order valence-electron chi connectivity index (χ4n) is 3.78. The van der Waals surface area contributed by atoms with E-state index in [0.29, 0.717) is 24.2 Å². The van der Waals surface area contributed by atoms with E-state index in [2.05, 4.69) is 10.3 Å². The van der Waals surface area contributed by atoms with Crippen molar-refractivity contribution in [3.63, 3.8) is 0 Å². The lowest BCUT2D eigenvalue weighted by Crippen LogP contribution is -2.27. The molecule has 0 radical (unpaired) electrons. The van der Waals surface area contributed by atoms with Gasteiger partial charge in [-0.3, -0.25) is 9.10 Å². The number of benzene rings is 2. The van der Waals surface area contributed by atoms with Crippen LogP contribution in [0, 0.1) is 6.92 Å². The van der Waals surface area contributed by atoms with Crippen LogP contribution in [0.5, 0.6) is 0 Å². The Hall–Kier alpha value is -2.80. The van der Waals surface area contributed by atoms with Gasteiger partial charge in [0, 0.05) is 23.1 Å².